The maximum Gasteiger partial charge on any atom is 0.522 e. The number of ether oxygens (including phenoxy) is 2. The molecule has 0 spiro atoms. The molecule has 0 fully saturated rings. The Kier molecular flexibility index (Phi) is 4.51. The van der Waals surface area contributed by atoms with Crippen molar-refractivity contribution in [2.24, 2.45) is 5.73 Å². The second-order valence-corrected chi connectivity index (χ2v) is 2.83. The van der Waals surface area contributed by atoms with Crippen molar-refractivity contribution in [2.45, 2.75) is 12.9 Å². The third-order valence-electron chi connectivity index (χ3n) is 1.62. The van der Waals surface area contributed by atoms with Gasteiger partial charge in [0.2, 0.25) is 0 Å². The summed E-state index contributed by atoms with van der Waals surface area (Å²) >= 11 is 0. The van der Waals surface area contributed by atoms with Crippen molar-refractivity contribution >= 4 is 0 Å². The van der Waals surface area contributed by atoms with Gasteiger partial charge in [-0.05, 0) is 12.1 Å². The Morgan fingerprint density at radius 3 is 2.50 bits per heavy atom. The average molecular weight is 236 g/mol. The van der Waals surface area contributed by atoms with Crippen molar-refractivity contribution < 1.29 is 22.6 Å². The monoisotopic (exact) mass is 236 g/mol. The van der Waals surface area contributed by atoms with Crippen LogP contribution in [0.1, 0.15) is 5.69 Å². The van der Waals surface area contributed by atoms with Gasteiger partial charge in [0.05, 0.1) is 18.5 Å². The summed E-state index contributed by atoms with van der Waals surface area (Å²) in [6, 6.07) is 3.22. The van der Waals surface area contributed by atoms with Crippen molar-refractivity contribution in [1.82, 2.24) is 4.98 Å². The van der Waals surface area contributed by atoms with Crippen LogP contribution in [0.25, 0.3) is 0 Å². The van der Waals surface area contributed by atoms with Gasteiger partial charge in [0.25, 0.3) is 0 Å². The average Bonchev–Trinajstić information content (AvgIpc) is 2.24. The lowest BCUT2D eigenvalue weighted by Crippen LogP contribution is -2.18. The maximum atomic E-state index is 11.6. The summed E-state index contributed by atoms with van der Waals surface area (Å²) in [4.78, 5) is 3.91. The van der Waals surface area contributed by atoms with Crippen molar-refractivity contribution in [3.05, 3.63) is 24.0 Å². The second kappa shape index (κ2) is 5.66. The molecule has 0 atom stereocenters. The Bertz CT molecular complexity index is 314. The third kappa shape index (κ3) is 4.94. The standard InChI is InChI=1S/C9H11F3N2O2/c10-9(11,12)16-4-3-15-8-2-1-7(5-13)14-6-8/h1-2,6H,3-5,13H2. The number of nitrogens with two attached hydrogens (primary N) is 1. The SMILES string of the molecule is NCc1ccc(OCCOC(F)(F)F)cn1. The number of nitrogens with zero attached hydrogens (tertiary/aromatic N) is 1. The van der Waals surface area contributed by atoms with Gasteiger partial charge in [-0.3, -0.25) is 9.72 Å². The molecule has 0 aliphatic heterocycles. The van der Waals surface area contributed by atoms with Crippen LogP contribution in [0.5, 0.6) is 5.75 Å². The zero-order valence-electron chi connectivity index (χ0n) is 8.33. The van der Waals surface area contributed by atoms with Gasteiger partial charge in [-0.1, -0.05) is 0 Å². The van der Waals surface area contributed by atoms with Crippen LogP contribution in [0, 0.1) is 0 Å². The predicted molar refractivity (Wildman–Crippen MR) is 49.6 cm³/mol. The Hall–Kier alpha value is -1.34. The Morgan fingerprint density at radius 2 is 2.00 bits per heavy atom. The number of aromatic nitrogens is 1. The topological polar surface area (TPSA) is 57.4 Å². The minimum atomic E-state index is -4.62. The molecule has 90 valence electrons. The quantitative estimate of drug-likeness (QED) is 0.786. The molecule has 1 aromatic heterocycles. The minimum Gasteiger partial charge on any atom is -0.490 e. The fourth-order valence-corrected chi connectivity index (χ4v) is 0.934. The predicted octanol–water partition coefficient (Wildman–Crippen LogP) is 1.46. The van der Waals surface area contributed by atoms with Crippen molar-refractivity contribution in [3.8, 4) is 5.75 Å². The zero-order chi connectivity index (χ0) is 12.0. The molecule has 0 radical (unpaired) electrons. The molecular weight excluding hydrogens is 225 g/mol. The van der Waals surface area contributed by atoms with E-state index in [9.17, 15) is 13.2 Å². The highest BCUT2D eigenvalue weighted by molar-refractivity contribution is 5.19. The lowest BCUT2D eigenvalue weighted by atomic mass is 10.3. The summed E-state index contributed by atoms with van der Waals surface area (Å²) in [5.74, 6) is 0.378. The molecular formula is C9H11F3N2O2. The highest BCUT2D eigenvalue weighted by atomic mass is 19.4. The van der Waals surface area contributed by atoms with Gasteiger partial charge < -0.3 is 10.5 Å². The highest BCUT2D eigenvalue weighted by Gasteiger charge is 2.28. The summed E-state index contributed by atoms with van der Waals surface area (Å²) < 4.78 is 43.2. The lowest BCUT2D eigenvalue weighted by Gasteiger charge is -2.08. The Morgan fingerprint density at radius 1 is 1.25 bits per heavy atom. The molecule has 16 heavy (non-hydrogen) atoms. The Balaban J connectivity index is 2.27. The summed E-state index contributed by atoms with van der Waals surface area (Å²) in [5, 5.41) is 0. The molecule has 0 aliphatic carbocycles. The molecule has 4 nitrogen and oxygen atoms in total. The van der Waals surface area contributed by atoms with Gasteiger partial charge in [0.15, 0.2) is 0 Å². The zero-order valence-corrected chi connectivity index (χ0v) is 8.33. The third-order valence-corrected chi connectivity index (χ3v) is 1.62. The Labute approximate surface area is 90.2 Å². The molecule has 0 saturated carbocycles. The largest absolute Gasteiger partial charge is 0.522 e. The smallest absolute Gasteiger partial charge is 0.490 e. The molecule has 1 aromatic rings. The van der Waals surface area contributed by atoms with Crippen LogP contribution in [-0.4, -0.2) is 24.6 Å². The fourth-order valence-electron chi connectivity index (χ4n) is 0.934. The summed E-state index contributed by atoms with van der Waals surface area (Å²) in [7, 11) is 0. The first kappa shape index (κ1) is 12.7. The van der Waals surface area contributed by atoms with E-state index in [1.807, 2.05) is 0 Å². The number of rotatable bonds is 5. The first-order valence-corrected chi connectivity index (χ1v) is 4.50. The number of halogens is 3. The van der Waals surface area contributed by atoms with E-state index < -0.39 is 13.0 Å². The van der Waals surface area contributed by atoms with Crippen molar-refractivity contribution in [3.63, 3.8) is 0 Å². The van der Waals surface area contributed by atoms with E-state index in [1.54, 1.807) is 12.1 Å². The molecule has 0 unspecified atom stereocenters. The van der Waals surface area contributed by atoms with Gasteiger partial charge in [-0.25, -0.2) is 0 Å². The van der Waals surface area contributed by atoms with E-state index in [4.69, 9.17) is 10.5 Å². The first-order valence-electron chi connectivity index (χ1n) is 4.50. The number of hydrogen-bond donors (Lipinski definition) is 1. The molecule has 2 N–H and O–H groups in total. The van der Waals surface area contributed by atoms with Crippen LogP contribution in [0.3, 0.4) is 0 Å². The fraction of sp³-hybridized carbons (Fsp3) is 0.444. The molecule has 0 aromatic carbocycles. The van der Waals surface area contributed by atoms with E-state index in [0.717, 1.165) is 0 Å². The van der Waals surface area contributed by atoms with Crippen molar-refractivity contribution in [1.29, 1.82) is 0 Å². The summed E-state index contributed by atoms with van der Waals surface area (Å²) in [5.41, 5.74) is 6.00. The van der Waals surface area contributed by atoms with E-state index in [2.05, 4.69) is 9.72 Å². The van der Waals surface area contributed by atoms with E-state index in [1.165, 1.54) is 6.20 Å². The number of pyridine rings is 1. The lowest BCUT2D eigenvalue weighted by molar-refractivity contribution is -0.325. The van der Waals surface area contributed by atoms with Gasteiger partial charge in [-0.15, -0.1) is 13.2 Å². The van der Waals surface area contributed by atoms with Gasteiger partial charge in [0, 0.05) is 6.54 Å². The minimum absolute atomic E-state index is 0.191. The highest BCUT2D eigenvalue weighted by Crippen LogP contribution is 2.16. The molecule has 1 rings (SSSR count). The summed E-state index contributed by atoms with van der Waals surface area (Å²) in [6.45, 7) is -0.442. The number of alkyl halides is 3. The van der Waals surface area contributed by atoms with Crippen LogP contribution >= 0.6 is 0 Å². The molecule has 0 saturated heterocycles. The van der Waals surface area contributed by atoms with Crippen LogP contribution in [0.15, 0.2) is 18.3 Å². The van der Waals surface area contributed by atoms with E-state index >= 15 is 0 Å². The van der Waals surface area contributed by atoms with Crippen LogP contribution in [-0.2, 0) is 11.3 Å². The summed E-state index contributed by atoms with van der Waals surface area (Å²) in [6.07, 6.45) is -3.22. The molecule has 0 aliphatic rings. The maximum absolute atomic E-state index is 11.6. The number of hydrogen-bond acceptors (Lipinski definition) is 4. The van der Waals surface area contributed by atoms with Crippen LogP contribution in [0.2, 0.25) is 0 Å². The van der Waals surface area contributed by atoms with Gasteiger partial charge in [-0.2, -0.15) is 0 Å². The van der Waals surface area contributed by atoms with Gasteiger partial charge >= 0.3 is 6.36 Å². The van der Waals surface area contributed by atoms with E-state index in [-0.39, 0.29) is 6.61 Å². The van der Waals surface area contributed by atoms with Crippen LogP contribution in [0.4, 0.5) is 13.2 Å². The molecule has 1 heterocycles. The molecule has 7 heteroatoms. The first-order chi connectivity index (χ1) is 7.51. The van der Waals surface area contributed by atoms with Crippen molar-refractivity contribution in [2.75, 3.05) is 13.2 Å². The second-order valence-electron chi connectivity index (χ2n) is 2.83. The van der Waals surface area contributed by atoms with Crippen LogP contribution < -0.4 is 10.5 Å². The molecule has 0 amide bonds. The molecule has 0 bridgehead atoms. The normalized spacial score (nSPS) is 11.5. The van der Waals surface area contributed by atoms with Gasteiger partial charge in [0.1, 0.15) is 12.4 Å². The van der Waals surface area contributed by atoms with E-state index in [0.29, 0.717) is 18.0 Å².